The Bertz CT molecular complexity index is 1680. The number of hydrogen-bond donors (Lipinski definition) is 8. The van der Waals surface area contributed by atoms with Crippen LogP contribution in [0.25, 0.3) is 21.8 Å². The number of aliphatic carboxylic acids is 1. The Morgan fingerprint density at radius 2 is 1.29 bits per heavy atom. The second-order valence-corrected chi connectivity index (χ2v) is 11.7. The molecule has 0 aliphatic heterocycles. The first-order valence-electron chi connectivity index (χ1n) is 14.3. The third-order valence-corrected chi connectivity index (χ3v) is 8.09. The van der Waals surface area contributed by atoms with Crippen molar-refractivity contribution >= 4 is 63.2 Å². The first kappa shape index (κ1) is 33.1. The highest BCUT2D eigenvalue weighted by Crippen LogP contribution is 2.20. The fraction of sp³-hybridized carbons (Fsp3) is 0.323. The molecule has 0 aliphatic carbocycles. The molecular formula is C31H37N7O6S. The molecule has 10 N–H and O–H groups in total. The van der Waals surface area contributed by atoms with Gasteiger partial charge in [-0.1, -0.05) is 36.4 Å². The third kappa shape index (κ3) is 8.64. The number of nitrogens with two attached hydrogens (primary N) is 2. The van der Waals surface area contributed by atoms with Crippen molar-refractivity contribution in [2.24, 2.45) is 11.5 Å². The zero-order valence-electron chi connectivity index (χ0n) is 24.7. The smallest absolute Gasteiger partial charge is 0.326 e. The van der Waals surface area contributed by atoms with E-state index in [-0.39, 0.29) is 19.3 Å². The zero-order valence-corrected chi connectivity index (χ0v) is 25.5. The Hall–Kier alpha value is -4.82. The van der Waals surface area contributed by atoms with Crippen LogP contribution in [0.15, 0.2) is 60.9 Å². The molecule has 4 rings (SSSR count). The molecule has 0 saturated carbocycles. The van der Waals surface area contributed by atoms with E-state index in [2.05, 4.69) is 25.9 Å². The first-order valence-corrected chi connectivity index (χ1v) is 15.7. The monoisotopic (exact) mass is 635 g/mol. The van der Waals surface area contributed by atoms with Gasteiger partial charge in [0.25, 0.3) is 0 Å². The van der Waals surface area contributed by atoms with E-state index >= 15 is 0 Å². The van der Waals surface area contributed by atoms with E-state index < -0.39 is 60.2 Å². The number of nitrogens with one attached hydrogen (secondary N) is 5. The number of aromatic nitrogens is 2. The van der Waals surface area contributed by atoms with Crippen LogP contribution in [-0.4, -0.2) is 80.8 Å². The summed E-state index contributed by atoms with van der Waals surface area (Å²) in [5, 5.41) is 19.0. The molecule has 45 heavy (non-hydrogen) atoms. The number of hydrogen-bond acceptors (Lipinski definition) is 7. The fourth-order valence-electron chi connectivity index (χ4n) is 5.09. The SMILES string of the molecule is CSCCC(NC(=O)C(Cc1c[nH]c2ccccc12)NC(=O)C(CC(N)=O)NC(=O)C(N)Cc1c[nH]c2ccccc12)C(=O)O. The standard InChI is InChI=1S/C31H37N7O6S/c1-45-11-10-24(31(43)44)36-29(41)25(13-18-16-35-23-9-5-3-7-20(18)23)38-30(42)26(14-27(33)39)37-28(40)21(32)12-17-15-34-22-8-4-2-6-19(17)22/h2-9,15-16,21,24-26,34-35H,10-14,32H2,1H3,(H2,33,39)(H,36,41)(H,37,40)(H,38,42)(H,43,44). The largest absolute Gasteiger partial charge is 0.480 e. The Labute approximate surface area is 263 Å². The van der Waals surface area contributed by atoms with Crippen molar-refractivity contribution < 1.29 is 29.1 Å². The van der Waals surface area contributed by atoms with E-state index in [9.17, 15) is 29.1 Å². The summed E-state index contributed by atoms with van der Waals surface area (Å²) in [6.45, 7) is 0. The summed E-state index contributed by atoms with van der Waals surface area (Å²) in [5.41, 5.74) is 14.8. The molecule has 2 aromatic carbocycles. The van der Waals surface area contributed by atoms with Crippen molar-refractivity contribution in [1.29, 1.82) is 0 Å². The summed E-state index contributed by atoms with van der Waals surface area (Å²) in [6, 6.07) is 9.96. The van der Waals surface area contributed by atoms with Crippen LogP contribution in [0.1, 0.15) is 24.0 Å². The maximum atomic E-state index is 13.5. The van der Waals surface area contributed by atoms with Gasteiger partial charge in [-0.15, -0.1) is 0 Å². The summed E-state index contributed by atoms with van der Waals surface area (Å²) in [6.07, 6.45) is 5.04. The molecule has 2 aromatic heterocycles. The maximum Gasteiger partial charge on any atom is 0.326 e. The van der Waals surface area contributed by atoms with Crippen molar-refractivity contribution in [1.82, 2.24) is 25.9 Å². The van der Waals surface area contributed by atoms with Crippen LogP contribution in [0.4, 0.5) is 0 Å². The Kier molecular flexibility index (Phi) is 11.2. The number of carboxylic acids is 1. The number of fused-ring (bicyclic) bond motifs is 2. The molecule has 13 nitrogen and oxygen atoms in total. The van der Waals surface area contributed by atoms with E-state index in [1.54, 1.807) is 12.4 Å². The number of carbonyl (C=O) groups excluding carboxylic acids is 4. The van der Waals surface area contributed by atoms with Crippen LogP contribution in [-0.2, 0) is 36.8 Å². The third-order valence-electron chi connectivity index (χ3n) is 7.45. The lowest BCUT2D eigenvalue weighted by Crippen LogP contribution is -2.58. The lowest BCUT2D eigenvalue weighted by molar-refractivity contribution is -0.142. The number of aromatic amines is 2. The molecule has 4 unspecified atom stereocenters. The molecule has 14 heteroatoms. The Morgan fingerprint density at radius 1 is 0.778 bits per heavy atom. The molecule has 0 fully saturated rings. The van der Waals surface area contributed by atoms with Gasteiger partial charge in [0.2, 0.25) is 23.6 Å². The molecule has 0 spiro atoms. The average Bonchev–Trinajstić information content (AvgIpc) is 3.62. The van der Waals surface area contributed by atoms with Gasteiger partial charge in [-0.2, -0.15) is 11.8 Å². The number of carboxylic acid groups (broad SMARTS) is 1. The van der Waals surface area contributed by atoms with Crippen LogP contribution in [0.2, 0.25) is 0 Å². The van der Waals surface area contributed by atoms with E-state index in [0.29, 0.717) is 11.3 Å². The number of para-hydroxylation sites is 2. The molecule has 0 radical (unpaired) electrons. The van der Waals surface area contributed by atoms with Gasteiger partial charge in [-0.25, -0.2) is 4.79 Å². The minimum Gasteiger partial charge on any atom is -0.480 e. The summed E-state index contributed by atoms with van der Waals surface area (Å²) in [4.78, 5) is 70.1. The molecule has 0 aliphatic rings. The predicted molar refractivity (Wildman–Crippen MR) is 172 cm³/mol. The Balaban J connectivity index is 1.52. The second-order valence-electron chi connectivity index (χ2n) is 10.7. The molecule has 4 atom stereocenters. The lowest BCUT2D eigenvalue weighted by atomic mass is 10.0. The predicted octanol–water partition coefficient (Wildman–Crippen LogP) is 0.929. The van der Waals surface area contributed by atoms with Crippen molar-refractivity contribution in [3.05, 3.63) is 72.1 Å². The summed E-state index contributed by atoms with van der Waals surface area (Å²) < 4.78 is 0. The number of thioether (sulfide) groups is 1. The van der Waals surface area contributed by atoms with Crippen molar-refractivity contribution in [3.63, 3.8) is 0 Å². The van der Waals surface area contributed by atoms with Gasteiger partial charge in [0.05, 0.1) is 12.5 Å². The van der Waals surface area contributed by atoms with Crippen LogP contribution in [0.3, 0.4) is 0 Å². The van der Waals surface area contributed by atoms with Crippen LogP contribution in [0, 0.1) is 0 Å². The molecule has 0 bridgehead atoms. The van der Waals surface area contributed by atoms with Gasteiger partial charge in [0.1, 0.15) is 18.1 Å². The van der Waals surface area contributed by atoms with E-state index in [0.717, 1.165) is 27.4 Å². The lowest BCUT2D eigenvalue weighted by Gasteiger charge is -2.25. The van der Waals surface area contributed by atoms with Gasteiger partial charge in [-0.3, -0.25) is 19.2 Å². The Morgan fingerprint density at radius 3 is 1.84 bits per heavy atom. The number of carbonyl (C=O) groups is 5. The first-order chi connectivity index (χ1) is 21.6. The number of primary amides is 1. The fourth-order valence-corrected chi connectivity index (χ4v) is 5.56. The maximum absolute atomic E-state index is 13.5. The van der Waals surface area contributed by atoms with Crippen LogP contribution < -0.4 is 27.4 Å². The summed E-state index contributed by atoms with van der Waals surface area (Å²) >= 11 is 1.43. The number of H-pyrrole nitrogens is 2. The van der Waals surface area contributed by atoms with E-state index in [4.69, 9.17) is 11.5 Å². The quantitative estimate of drug-likeness (QED) is 0.0882. The minimum atomic E-state index is -1.44. The molecule has 2 heterocycles. The summed E-state index contributed by atoms with van der Waals surface area (Å²) in [5.74, 6) is -3.86. The van der Waals surface area contributed by atoms with E-state index in [1.807, 2.05) is 54.8 Å². The van der Waals surface area contributed by atoms with Crippen molar-refractivity contribution in [2.75, 3.05) is 12.0 Å². The molecule has 0 saturated heterocycles. The molecule has 238 valence electrons. The molecule has 4 aromatic rings. The van der Waals surface area contributed by atoms with Crippen LogP contribution >= 0.6 is 11.8 Å². The molecular weight excluding hydrogens is 598 g/mol. The number of rotatable bonds is 16. The average molecular weight is 636 g/mol. The highest BCUT2D eigenvalue weighted by molar-refractivity contribution is 7.98. The van der Waals surface area contributed by atoms with Gasteiger partial charge >= 0.3 is 5.97 Å². The van der Waals surface area contributed by atoms with Gasteiger partial charge in [-0.05, 0) is 48.1 Å². The van der Waals surface area contributed by atoms with Gasteiger partial charge < -0.3 is 42.5 Å². The second kappa shape index (κ2) is 15.3. The van der Waals surface area contributed by atoms with Crippen molar-refractivity contribution in [2.45, 2.75) is 49.9 Å². The van der Waals surface area contributed by atoms with Crippen molar-refractivity contribution in [3.8, 4) is 0 Å². The highest BCUT2D eigenvalue weighted by atomic mass is 32.2. The topological polar surface area (TPSA) is 225 Å². The highest BCUT2D eigenvalue weighted by Gasteiger charge is 2.32. The van der Waals surface area contributed by atoms with Gasteiger partial charge in [0, 0.05) is 40.6 Å². The van der Waals surface area contributed by atoms with Crippen LogP contribution in [0.5, 0.6) is 0 Å². The number of amides is 4. The number of benzene rings is 2. The molecule has 4 amide bonds. The minimum absolute atomic E-state index is 0.00618. The normalized spacial score (nSPS) is 13.9. The van der Waals surface area contributed by atoms with Gasteiger partial charge in [0.15, 0.2) is 0 Å². The zero-order chi connectivity index (χ0) is 32.5. The summed E-state index contributed by atoms with van der Waals surface area (Å²) in [7, 11) is 0. The van der Waals surface area contributed by atoms with E-state index in [1.165, 1.54) is 11.8 Å².